The van der Waals surface area contributed by atoms with Crippen LogP contribution in [0.25, 0.3) is 0 Å². The molecule has 1 aliphatic rings. The first-order valence-corrected chi connectivity index (χ1v) is 3.95. The average Bonchev–Trinajstić information content (AvgIpc) is 2.17. The standard InChI is InChI=1S/C9H9NO3/c10-7-4-9-8(3-6(7)5-11)12-1-2-13-9/h3-5H,1-2,10H2. The summed E-state index contributed by atoms with van der Waals surface area (Å²) < 4.78 is 10.6. The summed E-state index contributed by atoms with van der Waals surface area (Å²) in [6.07, 6.45) is 0.702. The normalized spacial score (nSPS) is 13.8. The van der Waals surface area contributed by atoms with Gasteiger partial charge >= 0.3 is 0 Å². The van der Waals surface area contributed by atoms with Gasteiger partial charge in [-0.1, -0.05) is 0 Å². The Hall–Kier alpha value is -1.71. The Morgan fingerprint density at radius 2 is 1.85 bits per heavy atom. The Morgan fingerprint density at radius 1 is 1.23 bits per heavy atom. The van der Waals surface area contributed by atoms with Crippen LogP contribution in [0.2, 0.25) is 0 Å². The van der Waals surface area contributed by atoms with Crippen LogP contribution < -0.4 is 15.2 Å². The second kappa shape index (κ2) is 2.97. The SMILES string of the molecule is Nc1cc2c(cc1C=O)OCCO2. The summed E-state index contributed by atoms with van der Waals surface area (Å²) in [7, 11) is 0. The van der Waals surface area contributed by atoms with Gasteiger partial charge in [-0.3, -0.25) is 4.79 Å². The first kappa shape index (κ1) is 7.91. The van der Waals surface area contributed by atoms with Gasteiger partial charge in [0.15, 0.2) is 17.8 Å². The molecule has 0 aromatic heterocycles. The van der Waals surface area contributed by atoms with Gasteiger partial charge < -0.3 is 15.2 Å². The van der Waals surface area contributed by atoms with E-state index in [9.17, 15) is 4.79 Å². The van der Waals surface area contributed by atoms with Gasteiger partial charge in [-0.2, -0.15) is 0 Å². The Bertz CT molecular complexity index is 349. The molecule has 0 saturated heterocycles. The zero-order valence-electron chi connectivity index (χ0n) is 6.95. The minimum atomic E-state index is 0.416. The van der Waals surface area contributed by atoms with Crippen molar-refractivity contribution in [2.45, 2.75) is 0 Å². The van der Waals surface area contributed by atoms with Gasteiger partial charge in [-0.25, -0.2) is 0 Å². The van der Waals surface area contributed by atoms with Crippen molar-refractivity contribution < 1.29 is 14.3 Å². The van der Waals surface area contributed by atoms with Crippen LogP contribution in [0, 0.1) is 0 Å². The Morgan fingerprint density at radius 3 is 2.46 bits per heavy atom. The summed E-state index contributed by atoms with van der Waals surface area (Å²) >= 11 is 0. The van der Waals surface area contributed by atoms with Gasteiger partial charge in [0, 0.05) is 17.3 Å². The number of fused-ring (bicyclic) bond motifs is 1. The lowest BCUT2D eigenvalue weighted by Gasteiger charge is -2.18. The highest BCUT2D eigenvalue weighted by molar-refractivity contribution is 5.85. The van der Waals surface area contributed by atoms with Crippen molar-refractivity contribution in [3.63, 3.8) is 0 Å². The smallest absolute Gasteiger partial charge is 0.163 e. The molecular weight excluding hydrogens is 170 g/mol. The number of anilines is 1. The quantitative estimate of drug-likeness (QED) is 0.513. The predicted molar refractivity (Wildman–Crippen MR) is 47.2 cm³/mol. The van der Waals surface area contributed by atoms with Gasteiger partial charge in [0.25, 0.3) is 0 Å². The van der Waals surface area contributed by atoms with E-state index < -0.39 is 0 Å². The number of hydrogen-bond acceptors (Lipinski definition) is 4. The summed E-state index contributed by atoms with van der Waals surface area (Å²) in [4.78, 5) is 10.5. The predicted octanol–water partition coefficient (Wildman–Crippen LogP) is 0.853. The second-order valence-corrected chi connectivity index (χ2v) is 2.74. The van der Waals surface area contributed by atoms with Crippen molar-refractivity contribution in [2.75, 3.05) is 18.9 Å². The maximum atomic E-state index is 10.5. The third-order valence-corrected chi connectivity index (χ3v) is 1.87. The minimum absolute atomic E-state index is 0.416. The fourth-order valence-corrected chi connectivity index (χ4v) is 1.22. The summed E-state index contributed by atoms with van der Waals surface area (Å²) in [6.45, 7) is 1.03. The Kier molecular flexibility index (Phi) is 1.81. The van der Waals surface area contributed by atoms with Gasteiger partial charge in [0.2, 0.25) is 0 Å². The Labute approximate surface area is 75.2 Å². The summed E-state index contributed by atoms with van der Waals surface area (Å²) in [5.74, 6) is 1.19. The highest BCUT2D eigenvalue weighted by atomic mass is 16.6. The van der Waals surface area contributed by atoms with Gasteiger partial charge in [-0.15, -0.1) is 0 Å². The van der Waals surface area contributed by atoms with Crippen molar-refractivity contribution in [3.8, 4) is 11.5 Å². The maximum absolute atomic E-state index is 10.5. The number of hydrogen-bond donors (Lipinski definition) is 1. The van der Waals surface area contributed by atoms with E-state index in [1.165, 1.54) is 0 Å². The summed E-state index contributed by atoms with van der Waals surface area (Å²) in [5.41, 5.74) is 6.44. The molecule has 0 spiro atoms. The molecule has 13 heavy (non-hydrogen) atoms. The second-order valence-electron chi connectivity index (χ2n) is 2.74. The number of rotatable bonds is 1. The molecule has 0 radical (unpaired) electrons. The number of carbonyl (C=O) groups is 1. The number of nitrogen functional groups attached to an aromatic ring is 1. The first-order valence-electron chi connectivity index (χ1n) is 3.95. The lowest BCUT2D eigenvalue weighted by Crippen LogP contribution is -2.15. The molecule has 2 N–H and O–H groups in total. The monoisotopic (exact) mass is 179 g/mol. The molecule has 0 saturated carbocycles. The van der Waals surface area contributed by atoms with E-state index in [4.69, 9.17) is 15.2 Å². The zero-order chi connectivity index (χ0) is 9.26. The van der Waals surface area contributed by atoms with Crippen LogP contribution in [0.5, 0.6) is 11.5 Å². The van der Waals surface area contributed by atoms with Crippen molar-refractivity contribution in [2.24, 2.45) is 0 Å². The van der Waals surface area contributed by atoms with Crippen LogP contribution in [0.4, 0.5) is 5.69 Å². The third-order valence-electron chi connectivity index (χ3n) is 1.87. The molecule has 0 bridgehead atoms. The van der Waals surface area contributed by atoms with Gasteiger partial charge in [0.05, 0.1) is 0 Å². The molecule has 0 aliphatic carbocycles. The lowest BCUT2D eigenvalue weighted by atomic mass is 10.1. The van der Waals surface area contributed by atoms with Crippen molar-refractivity contribution in [3.05, 3.63) is 17.7 Å². The maximum Gasteiger partial charge on any atom is 0.163 e. The van der Waals surface area contributed by atoms with Crippen LogP contribution in [0.1, 0.15) is 10.4 Å². The van der Waals surface area contributed by atoms with Crippen LogP contribution in [-0.4, -0.2) is 19.5 Å². The van der Waals surface area contributed by atoms with E-state index in [0.717, 1.165) is 0 Å². The molecule has 1 aromatic carbocycles. The van der Waals surface area contributed by atoms with E-state index >= 15 is 0 Å². The molecule has 68 valence electrons. The Balaban J connectivity index is 2.50. The van der Waals surface area contributed by atoms with Crippen molar-refractivity contribution in [1.82, 2.24) is 0 Å². The van der Waals surface area contributed by atoms with E-state index in [-0.39, 0.29) is 0 Å². The minimum Gasteiger partial charge on any atom is -0.486 e. The molecule has 0 amide bonds. The van der Waals surface area contributed by atoms with Crippen molar-refractivity contribution >= 4 is 12.0 Å². The number of carbonyl (C=O) groups excluding carboxylic acids is 1. The largest absolute Gasteiger partial charge is 0.486 e. The average molecular weight is 179 g/mol. The molecule has 1 aromatic rings. The molecular formula is C9H9NO3. The lowest BCUT2D eigenvalue weighted by molar-refractivity contribution is 0.112. The number of nitrogens with two attached hydrogens (primary N) is 1. The highest BCUT2D eigenvalue weighted by Crippen LogP contribution is 2.33. The van der Waals surface area contributed by atoms with Crippen LogP contribution >= 0.6 is 0 Å². The zero-order valence-corrected chi connectivity index (χ0v) is 6.95. The molecule has 0 unspecified atom stereocenters. The number of ether oxygens (including phenoxy) is 2. The number of aldehydes is 1. The molecule has 1 aliphatic heterocycles. The fourth-order valence-electron chi connectivity index (χ4n) is 1.22. The molecule has 4 nitrogen and oxygen atoms in total. The summed E-state index contributed by atoms with van der Waals surface area (Å²) in [5, 5.41) is 0. The van der Waals surface area contributed by atoms with Crippen LogP contribution in [-0.2, 0) is 0 Å². The summed E-state index contributed by atoms with van der Waals surface area (Å²) in [6, 6.07) is 3.20. The van der Waals surface area contributed by atoms with E-state index in [1.807, 2.05) is 0 Å². The van der Waals surface area contributed by atoms with E-state index in [1.54, 1.807) is 12.1 Å². The first-order chi connectivity index (χ1) is 6.31. The molecule has 2 rings (SSSR count). The van der Waals surface area contributed by atoms with Crippen molar-refractivity contribution in [1.29, 1.82) is 0 Å². The third kappa shape index (κ3) is 1.30. The highest BCUT2D eigenvalue weighted by Gasteiger charge is 2.13. The topological polar surface area (TPSA) is 61.6 Å². The molecule has 4 heteroatoms. The van der Waals surface area contributed by atoms with E-state index in [2.05, 4.69) is 0 Å². The molecule has 0 atom stereocenters. The van der Waals surface area contributed by atoms with Crippen LogP contribution in [0.3, 0.4) is 0 Å². The van der Waals surface area contributed by atoms with Crippen LogP contribution in [0.15, 0.2) is 12.1 Å². The van der Waals surface area contributed by atoms with Gasteiger partial charge in [0.1, 0.15) is 13.2 Å². The fraction of sp³-hybridized carbons (Fsp3) is 0.222. The molecule has 1 heterocycles. The van der Waals surface area contributed by atoms with Gasteiger partial charge in [-0.05, 0) is 6.07 Å². The number of benzene rings is 1. The van der Waals surface area contributed by atoms with E-state index in [0.29, 0.717) is 42.2 Å². The molecule has 0 fully saturated rings.